The number of halogens is 3. The van der Waals surface area contributed by atoms with Crippen molar-refractivity contribution in [3.63, 3.8) is 0 Å². The third-order valence-corrected chi connectivity index (χ3v) is 4.05. The van der Waals surface area contributed by atoms with E-state index in [1.807, 2.05) is 0 Å². The van der Waals surface area contributed by atoms with Gasteiger partial charge in [0.1, 0.15) is 24.6 Å². The molecule has 28 heavy (non-hydrogen) atoms. The lowest BCUT2D eigenvalue weighted by atomic mass is 10.1. The van der Waals surface area contributed by atoms with Gasteiger partial charge in [0.2, 0.25) is 5.82 Å². The molecule has 0 saturated heterocycles. The van der Waals surface area contributed by atoms with Gasteiger partial charge in [0, 0.05) is 17.3 Å². The molecule has 3 aromatic rings. The molecule has 9 heteroatoms. The first-order chi connectivity index (χ1) is 13.4. The number of aromatic nitrogens is 2. The van der Waals surface area contributed by atoms with Gasteiger partial charge in [-0.3, -0.25) is 4.79 Å². The number of alkyl halides is 3. The molecule has 1 amide bonds. The van der Waals surface area contributed by atoms with Crippen molar-refractivity contribution in [1.29, 1.82) is 0 Å². The lowest BCUT2D eigenvalue weighted by molar-refractivity contribution is -0.144. The van der Waals surface area contributed by atoms with Gasteiger partial charge in [0.25, 0.3) is 5.91 Å². The van der Waals surface area contributed by atoms with Crippen LogP contribution in [0.4, 0.5) is 18.9 Å². The van der Waals surface area contributed by atoms with Crippen LogP contribution in [0.2, 0.25) is 0 Å². The first kappa shape index (κ1) is 17.9. The molecule has 0 fully saturated rings. The van der Waals surface area contributed by atoms with E-state index in [-0.39, 0.29) is 11.4 Å². The van der Waals surface area contributed by atoms with Crippen LogP contribution in [0, 0.1) is 0 Å². The minimum Gasteiger partial charge on any atom is -0.486 e. The van der Waals surface area contributed by atoms with Crippen LogP contribution in [-0.2, 0) is 6.18 Å². The highest BCUT2D eigenvalue weighted by atomic mass is 19.4. The number of fused-ring (bicyclic) bond motifs is 1. The van der Waals surface area contributed by atoms with Crippen LogP contribution in [0.1, 0.15) is 16.3 Å². The van der Waals surface area contributed by atoms with Crippen molar-refractivity contribution in [2.75, 3.05) is 18.5 Å². The van der Waals surface area contributed by atoms with Gasteiger partial charge in [0.15, 0.2) is 11.5 Å². The summed E-state index contributed by atoms with van der Waals surface area (Å²) in [5, 5.41) is 2.57. The normalized spacial score (nSPS) is 13.2. The molecule has 2 N–H and O–H groups in total. The Morgan fingerprint density at radius 3 is 2.46 bits per heavy atom. The molecule has 0 unspecified atom stereocenters. The van der Waals surface area contributed by atoms with E-state index in [2.05, 4.69) is 15.3 Å². The van der Waals surface area contributed by atoms with Gasteiger partial charge in [-0.2, -0.15) is 13.2 Å². The third kappa shape index (κ3) is 3.51. The summed E-state index contributed by atoms with van der Waals surface area (Å²) < 4.78 is 50.2. The van der Waals surface area contributed by atoms with Crippen molar-refractivity contribution in [3.8, 4) is 22.8 Å². The van der Waals surface area contributed by atoms with E-state index in [0.717, 1.165) is 0 Å². The van der Waals surface area contributed by atoms with Gasteiger partial charge in [-0.25, -0.2) is 4.98 Å². The topological polar surface area (TPSA) is 76.2 Å². The summed E-state index contributed by atoms with van der Waals surface area (Å²) in [5.74, 6) is -1.000. The van der Waals surface area contributed by atoms with Crippen LogP contribution in [0.15, 0.2) is 48.5 Å². The second-order valence-electron chi connectivity index (χ2n) is 5.99. The summed E-state index contributed by atoms with van der Waals surface area (Å²) in [6.45, 7) is 0.797. The van der Waals surface area contributed by atoms with E-state index in [1.165, 1.54) is 0 Å². The SMILES string of the molecule is O=C(Nc1ccc2c(c1)OCCO2)c1[nH]c(C(F)(F)F)nc1-c1ccccc1. The fourth-order valence-electron chi connectivity index (χ4n) is 2.79. The average Bonchev–Trinajstić information content (AvgIpc) is 3.15. The zero-order chi connectivity index (χ0) is 19.7. The second kappa shape index (κ2) is 6.91. The number of nitrogens with zero attached hydrogens (tertiary/aromatic N) is 1. The predicted molar refractivity (Wildman–Crippen MR) is 94.4 cm³/mol. The van der Waals surface area contributed by atoms with Gasteiger partial charge >= 0.3 is 6.18 Å². The number of nitrogens with one attached hydrogen (secondary N) is 2. The fourth-order valence-corrected chi connectivity index (χ4v) is 2.79. The highest BCUT2D eigenvalue weighted by molar-refractivity contribution is 6.07. The quantitative estimate of drug-likeness (QED) is 0.707. The van der Waals surface area contributed by atoms with E-state index in [0.29, 0.717) is 36.0 Å². The highest BCUT2D eigenvalue weighted by Gasteiger charge is 2.37. The zero-order valence-corrected chi connectivity index (χ0v) is 14.3. The van der Waals surface area contributed by atoms with Crippen molar-refractivity contribution in [1.82, 2.24) is 9.97 Å². The van der Waals surface area contributed by atoms with Crippen LogP contribution in [0.5, 0.6) is 11.5 Å². The molecule has 0 saturated carbocycles. The molecule has 4 rings (SSSR count). The minimum atomic E-state index is -4.71. The third-order valence-electron chi connectivity index (χ3n) is 4.05. The van der Waals surface area contributed by atoms with E-state index in [9.17, 15) is 18.0 Å². The van der Waals surface area contributed by atoms with Crippen LogP contribution in [0.3, 0.4) is 0 Å². The number of H-pyrrole nitrogens is 1. The lowest BCUT2D eigenvalue weighted by Gasteiger charge is -2.19. The Kier molecular flexibility index (Phi) is 4.42. The monoisotopic (exact) mass is 389 g/mol. The van der Waals surface area contributed by atoms with E-state index in [4.69, 9.17) is 9.47 Å². The molecule has 0 bridgehead atoms. The van der Waals surface area contributed by atoms with Crippen molar-refractivity contribution < 1.29 is 27.4 Å². The maximum atomic E-state index is 13.1. The molecule has 6 nitrogen and oxygen atoms in total. The summed E-state index contributed by atoms with van der Waals surface area (Å²) in [4.78, 5) is 18.4. The smallest absolute Gasteiger partial charge is 0.449 e. The molecule has 1 aromatic heterocycles. The van der Waals surface area contributed by atoms with Crippen molar-refractivity contribution in [2.24, 2.45) is 0 Å². The lowest BCUT2D eigenvalue weighted by Crippen LogP contribution is -2.17. The van der Waals surface area contributed by atoms with Crippen molar-refractivity contribution in [2.45, 2.75) is 6.18 Å². The Morgan fingerprint density at radius 2 is 1.75 bits per heavy atom. The number of anilines is 1. The van der Waals surface area contributed by atoms with Crippen LogP contribution in [0.25, 0.3) is 11.3 Å². The second-order valence-corrected chi connectivity index (χ2v) is 5.99. The number of ether oxygens (including phenoxy) is 2. The summed E-state index contributed by atoms with van der Waals surface area (Å²) in [6, 6.07) is 12.9. The Hall–Kier alpha value is -3.49. The van der Waals surface area contributed by atoms with Gasteiger partial charge in [-0.15, -0.1) is 0 Å². The summed E-state index contributed by atoms with van der Waals surface area (Å²) >= 11 is 0. The van der Waals surface area contributed by atoms with Gasteiger partial charge < -0.3 is 19.8 Å². The number of rotatable bonds is 3. The van der Waals surface area contributed by atoms with Gasteiger partial charge in [-0.1, -0.05) is 30.3 Å². The van der Waals surface area contributed by atoms with E-state index < -0.39 is 17.9 Å². The van der Waals surface area contributed by atoms with Crippen LogP contribution >= 0.6 is 0 Å². The predicted octanol–water partition coefficient (Wildman–Crippen LogP) is 4.12. The van der Waals surface area contributed by atoms with Crippen LogP contribution in [-0.4, -0.2) is 29.1 Å². The Balaban J connectivity index is 1.68. The first-order valence-corrected chi connectivity index (χ1v) is 8.35. The number of imidazole rings is 1. The Labute approximate surface area is 157 Å². The molecule has 0 aliphatic carbocycles. The van der Waals surface area contributed by atoms with Crippen LogP contribution < -0.4 is 14.8 Å². The molecule has 1 aliphatic heterocycles. The molecule has 0 atom stereocenters. The number of hydrogen-bond acceptors (Lipinski definition) is 4. The van der Waals surface area contributed by atoms with Gasteiger partial charge in [-0.05, 0) is 12.1 Å². The molecule has 2 aromatic carbocycles. The number of hydrogen-bond donors (Lipinski definition) is 2. The van der Waals surface area contributed by atoms with Crippen molar-refractivity contribution >= 4 is 11.6 Å². The highest BCUT2D eigenvalue weighted by Crippen LogP contribution is 2.34. The maximum absolute atomic E-state index is 13.1. The number of benzene rings is 2. The molecule has 144 valence electrons. The number of amides is 1. The first-order valence-electron chi connectivity index (χ1n) is 8.35. The molecule has 0 spiro atoms. The van der Waals surface area contributed by atoms with Crippen molar-refractivity contribution in [3.05, 3.63) is 60.0 Å². The molecule has 1 aliphatic rings. The van der Waals surface area contributed by atoms with E-state index in [1.54, 1.807) is 48.5 Å². The minimum absolute atomic E-state index is 0.0806. The average molecular weight is 389 g/mol. The van der Waals surface area contributed by atoms with Gasteiger partial charge in [0.05, 0.1) is 0 Å². The number of aromatic amines is 1. The number of carbonyl (C=O) groups excluding carboxylic acids is 1. The molecular weight excluding hydrogens is 375 g/mol. The largest absolute Gasteiger partial charge is 0.486 e. The Bertz CT molecular complexity index is 1020. The standard InChI is InChI=1S/C19H14F3N3O3/c20-19(21,22)18-24-15(11-4-2-1-3-5-11)16(25-18)17(26)23-12-6-7-13-14(10-12)28-9-8-27-13/h1-7,10H,8-9H2,(H,23,26)(H,24,25). The molecule has 0 radical (unpaired) electrons. The summed E-state index contributed by atoms with van der Waals surface area (Å²) in [7, 11) is 0. The summed E-state index contributed by atoms with van der Waals surface area (Å²) in [5.41, 5.74) is 0.384. The number of carbonyl (C=O) groups is 1. The van der Waals surface area contributed by atoms with E-state index >= 15 is 0 Å². The summed E-state index contributed by atoms with van der Waals surface area (Å²) in [6.07, 6.45) is -4.71. The Morgan fingerprint density at radius 1 is 1.04 bits per heavy atom. The maximum Gasteiger partial charge on any atom is 0.449 e. The zero-order valence-electron chi connectivity index (χ0n) is 14.3. The molecule has 2 heterocycles. The molecular formula is C19H14F3N3O3. The fraction of sp³-hybridized carbons (Fsp3) is 0.158.